The topological polar surface area (TPSA) is 77.2 Å². The first kappa shape index (κ1) is 16.3. The van der Waals surface area contributed by atoms with Gasteiger partial charge in [-0.3, -0.25) is 10.1 Å². The standard InChI is InChI=1S/C16H11Cl2N3O3/c17-10-6-7-13(18)12(8-10)15-20-21-16(24-15)19-14(22)9-23-11-4-2-1-3-5-11/h1-8H,9H2,(H,19,21,22). The number of ether oxygens (including phenoxy) is 1. The summed E-state index contributed by atoms with van der Waals surface area (Å²) in [5.41, 5.74) is 0.484. The molecule has 0 spiro atoms. The van der Waals surface area contributed by atoms with Crippen molar-refractivity contribution in [1.82, 2.24) is 10.2 Å². The molecule has 3 aromatic rings. The Morgan fingerprint density at radius 3 is 2.71 bits per heavy atom. The molecule has 3 rings (SSSR count). The Kier molecular flexibility index (Phi) is 4.98. The third kappa shape index (κ3) is 4.04. The van der Waals surface area contributed by atoms with Gasteiger partial charge in [0, 0.05) is 5.02 Å². The zero-order valence-electron chi connectivity index (χ0n) is 12.2. The van der Waals surface area contributed by atoms with Crippen molar-refractivity contribution in [1.29, 1.82) is 0 Å². The minimum Gasteiger partial charge on any atom is -0.484 e. The summed E-state index contributed by atoms with van der Waals surface area (Å²) in [5, 5.41) is 10.9. The van der Waals surface area contributed by atoms with Crippen LogP contribution in [0.2, 0.25) is 10.0 Å². The summed E-state index contributed by atoms with van der Waals surface area (Å²) in [6, 6.07) is 13.8. The fourth-order valence-corrected chi connectivity index (χ4v) is 2.24. The number of para-hydroxylation sites is 1. The summed E-state index contributed by atoms with van der Waals surface area (Å²) in [6.45, 7) is -0.181. The molecule has 2 aromatic carbocycles. The van der Waals surface area contributed by atoms with Crippen LogP contribution in [0.15, 0.2) is 52.9 Å². The number of aromatic nitrogens is 2. The molecule has 0 unspecified atom stereocenters. The number of carbonyl (C=O) groups is 1. The van der Waals surface area contributed by atoms with Gasteiger partial charge in [-0.25, -0.2) is 0 Å². The summed E-state index contributed by atoms with van der Waals surface area (Å²) in [5.74, 6) is 0.317. The molecule has 8 heteroatoms. The summed E-state index contributed by atoms with van der Waals surface area (Å²) < 4.78 is 10.7. The zero-order chi connectivity index (χ0) is 16.9. The van der Waals surface area contributed by atoms with E-state index in [0.29, 0.717) is 21.4 Å². The predicted octanol–water partition coefficient (Wildman–Crippen LogP) is 4.06. The van der Waals surface area contributed by atoms with Gasteiger partial charge < -0.3 is 9.15 Å². The van der Waals surface area contributed by atoms with Crippen molar-refractivity contribution >= 4 is 35.1 Å². The van der Waals surface area contributed by atoms with E-state index in [0.717, 1.165) is 0 Å². The molecule has 122 valence electrons. The molecule has 0 atom stereocenters. The van der Waals surface area contributed by atoms with Crippen molar-refractivity contribution < 1.29 is 13.9 Å². The molecule has 1 heterocycles. The molecule has 0 aliphatic carbocycles. The van der Waals surface area contributed by atoms with E-state index in [9.17, 15) is 4.79 Å². The van der Waals surface area contributed by atoms with Crippen molar-refractivity contribution in [3.8, 4) is 17.2 Å². The van der Waals surface area contributed by atoms with Crippen molar-refractivity contribution in [2.24, 2.45) is 0 Å². The molecule has 0 aliphatic heterocycles. The maximum atomic E-state index is 11.8. The fourth-order valence-electron chi connectivity index (χ4n) is 1.86. The van der Waals surface area contributed by atoms with E-state index in [4.69, 9.17) is 32.4 Å². The molecule has 0 bridgehead atoms. The van der Waals surface area contributed by atoms with Crippen LogP contribution < -0.4 is 10.1 Å². The van der Waals surface area contributed by atoms with E-state index in [1.165, 1.54) is 0 Å². The minimum atomic E-state index is -0.425. The Balaban J connectivity index is 1.63. The highest BCUT2D eigenvalue weighted by molar-refractivity contribution is 6.35. The lowest BCUT2D eigenvalue weighted by Gasteiger charge is -2.04. The Hall–Kier alpha value is -2.57. The van der Waals surface area contributed by atoms with Gasteiger partial charge in [-0.15, -0.1) is 5.10 Å². The number of hydrogen-bond donors (Lipinski definition) is 1. The summed E-state index contributed by atoms with van der Waals surface area (Å²) in [7, 11) is 0. The van der Waals surface area contributed by atoms with Crippen molar-refractivity contribution in [2.45, 2.75) is 0 Å². The van der Waals surface area contributed by atoms with Crippen molar-refractivity contribution in [3.63, 3.8) is 0 Å². The lowest BCUT2D eigenvalue weighted by Crippen LogP contribution is -2.20. The van der Waals surface area contributed by atoms with Crippen LogP contribution >= 0.6 is 23.2 Å². The van der Waals surface area contributed by atoms with Crippen LogP contribution in [0.1, 0.15) is 0 Å². The molecule has 24 heavy (non-hydrogen) atoms. The third-order valence-electron chi connectivity index (χ3n) is 2.94. The van der Waals surface area contributed by atoms with Gasteiger partial charge in [0.25, 0.3) is 11.8 Å². The van der Waals surface area contributed by atoms with Gasteiger partial charge in [0.15, 0.2) is 6.61 Å². The molecule has 1 aromatic heterocycles. The number of halogens is 2. The molecule has 0 aliphatic rings. The Bertz CT molecular complexity index is 853. The van der Waals surface area contributed by atoms with Crippen LogP contribution in [-0.4, -0.2) is 22.7 Å². The van der Waals surface area contributed by atoms with E-state index in [1.807, 2.05) is 18.2 Å². The molecular formula is C16H11Cl2N3O3. The Labute approximate surface area is 147 Å². The van der Waals surface area contributed by atoms with Crippen molar-refractivity contribution in [3.05, 3.63) is 58.6 Å². The number of hydrogen-bond acceptors (Lipinski definition) is 5. The van der Waals surface area contributed by atoms with E-state index in [1.54, 1.807) is 30.3 Å². The lowest BCUT2D eigenvalue weighted by molar-refractivity contribution is -0.118. The number of anilines is 1. The van der Waals surface area contributed by atoms with Gasteiger partial charge in [-0.05, 0) is 30.3 Å². The van der Waals surface area contributed by atoms with Gasteiger partial charge in [-0.2, -0.15) is 0 Å². The van der Waals surface area contributed by atoms with E-state index in [-0.39, 0.29) is 18.5 Å². The first-order valence-corrected chi connectivity index (χ1v) is 7.64. The van der Waals surface area contributed by atoms with Crippen LogP contribution in [0.5, 0.6) is 5.75 Å². The fraction of sp³-hybridized carbons (Fsp3) is 0.0625. The summed E-state index contributed by atoms with van der Waals surface area (Å²) in [4.78, 5) is 11.8. The van der Waals surface area contributed by atoms with Gasteiger partial charge in [0.1, 0.15) is 5.75 Å². The smallest absolute Gasteiger partial charge is 0.322 e. The summed E-state index contributed by atoms with van der Waals surface area (Å²) >= 11 is 12.0. The molecule has 0 saturated heterocycles. The highest BCUT2D eigenvalue weighted by Crippen LogP contribution is 2.30. The molecule has 0 fully saturated rings. The van der Waals surface area contributed by atoms with Gasteiger partial charge in [-0.1, -0.05) is 46.5 Å². The van der Waals surface area contributed by atoms with Crippen LogP contribution in [0.3, 0.4) is 0 Å². The second kappa shape index (κ2) is 7.33. The van der Waals surface area contributed by atoms with Crippen LogP contribution in [0.25, 0.3) is 11.5 Å². The molecule has 1 N–H and O–H groups in total. The third-order valence-corrected chi connectivity index (χ3v) is 3.51. The first-order chi connectivity index (χ1) is 11.6. The average Bonchev–Trinajstić information content (AvgIpc) is 3.04. The molecular weight excluding hydrogens is 353 g/mol. The maximum Gasteiger partial charge on any atom is 0.322 e. The number of nitrogens with one attached hydrogen (secondary N) is 1. The first-order valence-electron chi connectivity index (χ1n) is 6.88. The number of benzene rings is 2. The largest absolute Gasteiger partial charge is 0.484 e. The van der Waals surface area contributed by atoms with Crippen LogP contribution in [0.4, 0.5) is 6.01 Å². The van der Waals surface area contributed by atoms with Gasteiger partial charge in [0.2, 0.25) is 0 Å². The normalized spacial score (nSPS) is 10.4. The second-order valence-electron chi connectivity index (χ2n) is 4.69. The number of rotatable bonds is 5. The van der Waals surface area contributed by atoms with Gasteiger partial charge >= 0.3 is 6.01 Å². The van der Waals surface area contributed by atoms with Gasteiger partial charge in [0.05, 0.1) is 10.6 Å². The molecule has 6 nitrogen and oxygen atoms in total. The average molecular weight is 364 g/mol. The lowest BCUT2D eigenvalue weighted by atomic mass is 10.2. The maximum absolute atomic E-state index is 11.8. The van der Waals surface area contributed by atoms with Crippen molar-refractivity contribution in [2.75, 3.05) is 11.9 Å². The molecule has 1 amide bonds. The Morgan fingerprint density at radius 1 is 1.12 bits per heavy atom. The van der Waals surface area contributed by atoms with Crippen LogP contribution in [-0.2, 0) is 4.79 Å². The van der Waals surface area contributed by atoms with Crippen LogP contribution in [0, 0.1) is 0 Å². The van der Waals surface area contributed by atoms with E-state index >= 15 is 0 Å². The Morgan fingerprint density at radius 2 is 1.92 bits per heavy atom. The summed E-state index contributed by atoms with van der Waals surface area (Å²) in [6.07, 6.45) is 0. The number of nitrogens with zero attached hydrogens (tertiary/aromatic N) is 2. The number of amides is 1. The van der Waals surface area contributed by atoms with E-state index < -0.39 is 5.91 Å². The van der Waals surface area contributed by atoms with E-state index in [2.05, 4.69) is 15.5 Å². The molecule has 0 saturated carbocycles. The SMILES string of the molecule is O=C(COc1ccccc1)Nc1nnc(-c2cc(Cl)ccc2Cl)o1. The highest BCUT2D eigenvalue weighted by Gasteiger charge is 2.14. The quantitative estimate of drug-likeness (QED) is 0.739. The highest BCUT2D eigenvalue weighted by atomic mass is 35.5. The minimum absolute atomic E-state index is 0.0531. The second-order valence-corrected chi connectivity index (χ2v) is 5.53. The zero-order valence-corrected chi connectivity index (χ0v) is 13.7. The predicted molar refractivity (Wildman–Crippen MR) is 90.3 cm³/mol. The molecule has 0 radical (unpaired) electrons. The monoisotopic (exact) mass is 363 g/mol. The number of carbonyl (C=O) groups excluding carboxylic acids is 1.